The zero-order chi connectivity index (χ0) is 21.5. The van der Waals surface area contributed by atoms with Gasteiger partial charge in [0, 0.05) is 12.2 Å². The van der Waals surface area contributed by atoms with E-state index >= 15 is 0 Å². The zero-order valence-corrected chi connectivity index (χ0v) is 18.2. The van der Waals surface area contributed by atoms with Gasteiger partial charge >= 0.3 is 12.0 Å². The molecule has 0 aromatic heterocycles. The Balaban J connectivity index is 1.92. The van der Waals surface area contributed by atoms with E-state index in [9.17, 15) is 9.59 Å². The molecule has 0 spiro atoms. The Morgan fingerprint density at radius 1 is 1.13 bits per heavy atom. The molecular formula is C23H33N3O4. The third-order valence-electron chi connectivity index (χ3n) is 5.31. The number of rotatable bonds is 7. The van der Waals surface area contributed by atoms with Gasteiger partial charge in [-0.3, -0.25) is 4.90 Å². The molecule has 2 aliphatic heterocycles. The summed E-state index contributed by atoms with van der Waals surface area (Å²) in [5, 5.41) is 5.77. The number of urea groups is 1. The van der Waals surface area contributed by atoms with Crippen LogP contribution in [0.25, 0.3) is 0 Å². The summed E-state index contributed by atoms with van der Waals surface area (Å²) in [5.41, 5.74) is 1.92. The van der Waals surface area contributed by atoms with Gasteiger partial charge < -0.3 is 20.1 Å². The van der Waals surface area contributed by atoms with Crippen molar-refractivity contribution in [1.82, 2.24) is 15.5 Å². The second-order valence-corrected chi connectivity index (χ2v) is 8.07. The molecule has 1 atom stereocenters. The predicted octanol–water partition coefficient (Wildman–Crippen LogP) is 3.52. The fourth-order valence-corrected chi connectivity index (χ4v) is 3.97. The molecule has 2 aliphatic rings. The number of ether oxygens (including phenoxy) is 2. The lowest BCUT2D eigenvalue weighted by atomic mass is 9.95. The van der Waals surface area contributed by atoms with E-state index in [0.29, 0.717) is 17.8 Å². The Morgan fingerprint density at radius 2 is 1.80 bits per heavy atom. The van der Waals surface area contributed by atoms with Crippen LogP contribution < -0.4 is 15.4 Å². The first-order chi connectivity index (χ1) is 14.5. The van der Waals surface area contributed by atoms with Crippen LogP contribution >= 0.6 is 0 Å². The first-order valence-electron chi connectivity index (χ1n) is 10.9. The van der Waals surface area contributed by atoms with Crippen molar-refractivity contribution < 1.29 is 19.1 Å². The van der Waals surface area contributed by atoms with Crippen molar-refractivity contribution in [3.63, 3.8) is 0 Å². The fraction of sp³-hybridized carbons (Fsp3) is 0.565. The summed E-state index contributed by atoms with van der Waals surface area (Å²) in [6.45, 7) is 8.47. The Hall–Kier alpha value is -2.54. The maximum absolute atomic E-state index is 12.9. The van der Waals surface area contributed by atoms with Crippen LogP contribution in [-0.4, -0.2) is 49.2 Å². The Kier molecular flexibility index (Phi) is 7.74. The lowest BCUT2D eigenvalue weighted by Crippen LogP contribution is -2.48. The molecule has 0 radical (unpaired) electrons. The molecule has 30 heavy (non-hydrogen) atoms. The number of carbonyl (C=O) groups excluding carboxylic acids is 2. The van der Waals surface area contributed by atoms with Crippen LogP contribution in [0, 0.1) is 0 Å². The summed E-state index contributed by atoms with van der Waals surface area (Å²) in [6.07, 6.45) is 4.79. The first-order valence-corrected chi connectivity index (χ1v) is 10.9. The number of carbonyl (C=O) groups is 2. The standard InChI is InChI=1S/C23H33N3O4/c1-4-29-22(27)20-19(15-26-13-7-5-6-8-14-26)24-23(28)25-21(20)17-9-11-18(12-10-17)30-16(2)3/h9-12,16,21H,4-8,13-15H2,1-3H3,(H2,24,25,28)/t21-/m1/s1. The van der Waals surface area contributed by atoms with Crippen molar-refractivity contribution >= 4 is 12.0 Å². The molecule has 3 rings (SSSR count). The normalized spacial score (nSPS) is 20.4. The molecule has 0 saturated carbocycles. The summed E-state index contributed by atoms with van der Waals surface area (Å²) in [4.78, 5) is 27.7. The summed E-state index contributed by atoms with van der Waals surface area (Å²) in [7, 11) is 0. The van der Waals surface area contributed by atoms with Gasteiger partial charge in [-0.25, -0.2) is 9.59 Å². The van der Waals surface area contributed by atoms with Gasteiger partial charge in [-0.15, -0.1) is 0 Å². The minimum absolute atomic E-state index is 0.0737. The van der Waals surface area contributed by atoms with Gasteiger partial charge in [-0.1, -0.05) is 25.0 Å². The third-order valence-corrected chi connectivity index (χ3v) is 5.31. The Morgan fingerprint density at radius 3 is 2.40 bits per heavy atom. The average molecular weight is 416 g/mol. The number of amides is 2. The number of likely N-dealkylation sites (tertiary alicyclic amines) is 1. The van der Waals surface area contributed by atoms with Gasteiger partial charge in [0.05, 0.1) is 24.3 Å². The largest absolute Gasteiger partial charge is 0.491 e. The fourth-order valence-electron chi connectivity index (χ4n) is 3.97. The molecule has 0 aliphatic carbocycles. The van der Waals surface area contributed by atoms with Gasteiger partial charge in [0.25, 0.3) is 0 Å². The number of hydrogen-bond acceptors (Lipinski definition) is 5. The van der Waals surface area contributed by atoms with E-state index in [-0.39, 0.29) is 18.7 Å². The molecular weight excluding hydrogens is 382 g/mol. The highest BCUT2D eigenvalue weighted by molar-refractivity contribution is 5.95. The summed E-state index contributed by atoms with van der Waals surface area (Å²) in [5.74, 6) is 0.350. The molecule has 2 amide bonds. The van der Waals surface area contributed by atoms with Gasteiger partial charge in [0.1, 0.15) is 5.75 Å². The first kappa shape index (κ1) is 22.2. The number of nitrogens with zero attached hydrogens (tertiary/aromatic N) is 1. The summed E-state index contributed by atoms with van der Waals surface area (Å²) >= 11 is 0. The Labute approximate surface area is 178 Å². The van der Waals surface area contributed by atoms with Crippen LogP contribution in [0.4, 0.5) is 4.79 Å². The molecule has 0 unspecified atom stereocenters. The third kappa shape index (κ3) is 5.75. The van der Waals surface area contributed by atoms with Gasteiger partial charge in [-0.2, -0.15) is 0 Å². The predicted molar refractivity (Wildman–Crippen MR) is 115 cm³/mol. The van der Waals surface area contributed by atoms with Crippen molar-refractivity contribution in [1.29, 1.82) is 0 Å². The smallest absolute Gasteiger partial charge is 0.338 e. The highest BCUT2D eigenvalue weighted by atomic mass is 16.5. The highest BCUT2D eigenvalue weighted by Gasteiger charge is 2.34. The van der Waals surface area contributed by atoms with Crippen LogP contribution in [0.15, 0.2) is 35.5 Å². The summed E-state index contributed by atoms with van der Waals surface area (Å²) in [6, 6.07) is 6.63. The van der Waals surface area contributed by atoms with Crippen molar-refractivity contribution in [2.24, 2.45) is 0 Å². The molecule has 1 fully saturated rings. The molecule has 0 bridgehead atoms. The van der Waals surface area contributed by atoms with Gasteiger partial charge in [0.15, 0.2) is 0 Å². The second kappa shape index (κ2) is 10.5. The van der Waals surface area contributed by atoms with Crippen molar-refractivity contribution in [3.8, 4) is 5.75 Å². The second-order valence-electron chi connectivity index (χ2n) is 8.07. The van der Waals surface area contributed by atoms with Gasteiger partial charge in [-0.05, 0) is 64.4 Å². The van der Waals surface area contributed by atoms with E-state index in [1.54, 1.807) is 6.92 Å². The van der Waals surface area contributed by atoms with E-state index < -0.39 is 12.0 Å². The van der Waals surface area contributed by atoms with Crippen molar-refractivity contribution in [2.45, 2.75) is 58.6 Å². The maximum atomic E-state index is 12.9. The van der Waals surface area contributed by atoms with E-state index in [0.717, 1.165) is 37.2 Å². The molecule has 2 N–H and O–H groups in total. The van der Waals surface area contributed by atoms with Gasteiger partial charge in [0.2, 0.25) is 0 Å². The lowest BCUT2D eigenvalue weighted by molar-refractivity contribution is -0.139. The van der Waals surface area contributed by atoms with Crippen LogP contribution in [0.5, 0.6) is 5.75 Å². The van der Waals surface area contributed by atoms with E-state index in [4.69, 9.17) is 9.47 Å². The zero-order valence-electron chi connectivity index (χ0n) is 18.2. The molecule has 7 heteroatoms. The molecule has 7 nitrogen and oxygen atoms in total. The minimum atomic E-state index is -0.562. The number of nitrogens with one attached hydrogen (secondary N) is 2. The van der Waals surface area contributed by atoms with Crippen molar-refractivity contribution in [3.05, 3.63) is 41.1 Å². The van der Waals surface area contributed by atoms with Crippen LogP contribution in [0.3, 0.4) is 0 Å². The van der Waals surface area contributed by atoms with E-state index in [1.807, 2.05) is 38.1 Å². The molecule has 2 heterocycles. The molecule has 1 saturated heterocycles. The quantitative estimate of drug-likeness (QED) is 0.666. The molecule has 164 valence electrons. The minimum Gasteiger partial charge on any atom is -0.491 e. The summed E-state index contributed by atoms with van der Waals surface area (Å²) < 4.78 is 11.1. The SMILES string of the molecule is CCOC(=O)C1=C(CN2CCCCCC2)NC(=O)N[C@@H]1c1ccc(OC(C)C)cc1. The monoisotopic (exact) mass is 415 g/mol. The van der Waals surface area contributed by atoms with Crippen LogP contribution in [0.2, 0.25) is 0 Å². The van der Waals surface area contributed by atoms with Crippen LogP contribution in [0.1, 0.15) is 58.1 Å². The number of hydrogen-bond donors (Lipinski definition) is 2. The number of esters is 1. The van der Waals surface area contributed by atoms with E-state index in [1.165, 1.54) is 12.8 Å². The highest BCUT2D eigenvalue weighted by Crippen LogP contribution is 2.30. The van der Waals surface area contributed by atoms with Crippen molar-refractivity contribution in [2.75, 3.05) is 26.2 Å². The number of benzene rings is 1. The molecule has 1 aromatic carbocycles. The lowest BCUT2D eigenvalue weighted by Gasteiger charge is -2.32. The van der Waals surface area contributed by atoms with E-state index in [2.05, 4.69) is 15.5 Å². The molecule has 1 aromatic rings. The maximum Gasteiger partial charge on any atom is 0.338 e. The van der Waals surface area contributed by atoms with Crippen LogP contribution in [-0.2, 0) is 9.53 Å². The average Bonchev–Trinajstić information content (AvgIpc) is 2.96. The Bertz CT molecular complexity index is 765. The topological polar surface area (TPSA) is 79.9 Å².